The van der Waals surface area contributed by atoms with Crippen LogP contribution in [0.2, 0.25) is 0 Å². The molecule has 1 aromatic heterocycles. The summed E-state index contributed by atoms with van der Waals surface area (Å²) in [5.41, 5.74) is 2.04. The van der Waals surface area contributed by atoms with Crippen molar-refractivity contribution in [3.63, 3.8) is 0 Å². The average molecular weight is 498 g/mol. The molecule has 11 nitrogen and oxygen atoms in total. The van der Waals surface area contributed by atoms with E-state index in [4.69, 9.17) is 14.2 Å². The van der Waals surface area contributed by atoms with Gasteiger partial charge in [0.05, 0.1) is 31.8 Å². The van der Waals surface area contributed by atoms with Crippen LogP contribution in [0.15, 0.2) is 41.3 Å². The molecule has 4 rings (SSSR count). The predicted molar refractivity (Wildman–Crippen MR) is 129 cm³/mol. The number of hydrogen-bond donors (Lipinski definition) is 1. The second-order valence-corrected chi connectivity index (χ2v) is 8.37. The Morgan fingerprint density at radius 2 is 1.80 bits per heavy atom. The normalized spacial score (nSPS) is 14.6. The molecule has 3 aromatic rings. The summed E-state index contributed by atoms with van der Waals surface area (Å²) in [5, 5.41) is 10.3. The number of methoxy groups -OCH3 is 3. The Kier molecular flexibility index (Phi) is 7.20. The molecular formula is C23H23N5O6S. The zero-order chi connectivity index (χ0) is 24.9. The summed E-state index contributed by atoms with van der Waals surface area (Å²) in [4.78, 5) is 38.9. The van der Waals surface area contributed by atoms with Crippen LogP contribution < -0.4 is 19.5 Å². The number of nitrogens with one attached hydrogen (secondary N) is 1. The number of amides is 3. The molecule has 0 radical (unpaired) electrons. The third-order valence-corrected chi connectivity index (χ3v) is 6.14. The van der Waals surface area contributed by atoms with Gasteiger partial charge in [0.1, 0.15) is 12.1 Å². The van der Waals surface area contributed by atoms with Gasteiger partial charge in [0.25, 0.3) is 11.1 Å². The fourth-order valence-corrected chi connectivity index (χ4v) is 4.43. The van der Waals surface area contributed by atoms with Crippen LogP contribution in [0.5, 0.6) is 17.2 Å². The number of benzene rings is 2. The molecule has 0 unspecified atom stereocenters. The van der Waals surface area contributed by atoms with Crippen LogP contribution in [0.25, 0.3) is 17.1 Å². The Labute approximate surface area is 205 Å². The summed E-state index contributed by atoms with van der Waals surface area (Å²) in [6.07, 6.45) is 1.59. The summed E-state index contributed by atoms with van der Waals surface area (Å²) in [6, 6.07) is 10.7. The monoisotopic (exact) mass is 497 g/mol. The molecule has 1 N–H and O–H groups in total. The van der Waals surface area contributed by atoms with Crippen LogP contribution >= 0.6 is 11.8 Å². The number of imide groups is 1. The first-order valence-electron chi connectivity index (χ1n) is 10.6. The molecule has 1 aliphatic rings. The van der Waals surface area contributed by atoms with Crippen molar-refractivity contribution in [3.8, 4) is 17.2 Å². The topological polar surface area (TPSA) is 125 Å². The third kappa shape index (κ3) is 5.06. The molecule has 1 saturated heterocycles. The summed E-state index contributed by atoms with van der Waals surface area (Å²) >= 11 is 0.828. The van der Waals surface area contributed by atoms with Gasteiger partial charge in [0.2, 0.25) is 11.7 Å². The van der Waals surface area contributed by atoms with Gasteiger partial charge in [-0.25, -0.2) is 4.68 Å². The fourth-order valence-electron chi connectivity index (χ4n) is 3.56. The molecule has 2 heterocycles. The summed E-state index contributed by atoms with van der Waals surface area (Å²) in [5.74, 6) is 0.543. The molecule has 182 valence electrons. The number of hydrogen-bond acceptors (Lipinski definition) is 9. The number of carbonyl (C=O) groups is 3. The molecule has 0 bridgehead atoms. The van der Waals surface area contributed by atoms with E-state index in [9.17, 15) is 14.4 Å². The molecule has 35 heavy (non-hydrogen) atoms. The maximum atomic E-state index is 12.8. The maximum Gasteiger partial charge on any atom is 0.293 e. The maximum absolute atomic E-state index is 12.8. The minimum absolute atomic E-state index is 0.0244. The van der Waals surface area contributed by atoms with Crippen molar-refractivity contribution in [1.29, 1.82) is 0 Å². The van der Waals surface area contributed by atoms with Gasteiger partial charge in [-0.1, -0.05) is 17.3 Å². The second-order valence-electron chi connectivity index (χ2n) is 7.38. The number of para-hydroxylation sites is 1. The van der Waals surface area contributed by atoms with Gasteiger partial charge in [0, 0.05) is 13.1 Å². The van der Waals surface area contributed by atoms with E-state index in [-0.39, 0.29) is 30.4 Å². The lowest BCUT2D eigenvalue weighted by Crippen LogP contribution is -2.38. The summed E-state index contributed by atoms with van der Waals surface area (Å²) in [7, 11) is 4.49. The molecule has 12 heteroatoms. The Morgan fingerprint density at radius 3 is 2.49 bits per heavy atom. The zero-order valence-electron chi connectivity index (χ0n) is 19.3. The highest BCUT2D eigenvalue weighted by Crippen LogP contribution is 2.40. The van der Waals surface area contributed by atoms with Crippen molar-refractivity contribution in [2.45, 2.75) is 6.54 Å². The van der Waals surface area contributed by atoms with Crippen molar-refractivity contribution < 1.29 is 28.6 Å². The Morgan fingerprint density at radius 1 is 1.09 bits per heavy atom. The van der Waals surface area contributed by atoms with Gasteiger partial charge in [-0.2, -0.15) is 0 Å². The highest BCUT2D eigenvalue weighted by molar-refractivity contribution is 8.18. The lowest BCUT2D eigenvalue weighted by molar-refractivity contribution is -0.124. The van der Waals surface area contributed by atoms with E-state index < -0.39 is 11.1 Å². The lowest BCUT2D eigenvalue weighted by Gasteiger charge is -2.13. The van der Waals surface area contributed by atoms with Crippen molar-refractivity contribution in [2.24, 2.45) is 0 Å². The van der Waals surface area contributed by atoms with Gasteiger partial charge in [-0.3, -0.25) is 19.3 Å². The van der Waals surface area contributed by atoms with Crippen molar-refractivity contribution >= 4 is 45.9 Å². The van der Waals surface area contributed by atoms with Crippen molar-refractivity contribution in [3.05, 3.63) is 46.9 Å². The number of fused-ring (bicyclic) bond motifs is 1. The number of aromatic nitrogens is 3. The highest BCUT2D eigenvalue weighted by atomic mass is 32.2. The lowest BCUT2D eigenvalue weighted by atomic mass is 10.1. The number of thioether (sulfide) groups is 1. The highest BCUT2D eigenvalue weighted by Gasteiger charge is 2.34. The first-order valence-corrected chi connectivity index (χ1v) is 11.4. The smallest absolute Gasteiger partial charge is 0.293 e. The number of ether oxygens (including phenoxy) is 3. The van der Waals surface area contributed by atoms with Crippen LogP contribution in [0.1, 0.15) is 5.56 Å². The second kappa shape index (κ2) is 10.5. The van der Waals surface area contributed by atoms with Crippen LogP contribution in [0.3, 0.4) is 0 Å². The third-order valence-electron chi connectivity index (χ3n) is 5.23. The van der Waals surface area contributed by atoms with Crippen molar-refractivity contribution in [2.75, 3.05) is 34.4 Å². The van der Waals surface area contributed by atoms with Gasteiger partial charge >= 0.3 is 0 Å². The summed E-state index contributed by atoms with van der Waals surface area (Å²) in [6.45, 7) is 0.130. The van der Waals surface area contributed by atoms with E-state index >= 15 is 0 Å². The van der Waals surface area contributed by atoms with Gasteiger partial charge in [0.15, 0.2) is 11.5 Å². The number of carbonyl (C=O) groups excluding carboxylic acids is 3. The van der Waals surface area contributed by atoms with E-state index in [0.29, 0.717) is 28.3 Å². The van der Waals surface area contributed by atoms with Gasteiger partial charge in [-0.05, 0) is 47.7 Å². The van der Waals surface area contributed by atoms with E-state index in [1.807, 2.05) is 24.3 Å². The first-order chi connectivity index (χ1) is 16.9. The molecule has 1 aliphatic heterocycles. The Balaban J connectivity index is 1.38. The average Bonchev–Trinajstić information content (AvgIpc) is 3.38. The van der Waals surface area contributed by atoms with Crippen LogP contribution in [0.4, 0.5) is 4.79 Å². The minimum Gasteiger partial charge on any atom is -0.493 e. The molecule has 1 fully saturated rings. The first kappa shape index (κ1) is 24.1. The number of nitrogens with zero attached hydrogens (tertiary/aromatic N) is 4. The standard InChI is InChI=1S/C23H23N5O6S/c1-32-17-10-14(11-18(33-2)21(17)34-3)12-19-22(30)27(23(31)35-19)9-8-24-20(29)13-28-16-7-5-4-6-15(16)25-26-28/h4-7,10-12H,8-9,13H2,1-3H3,(H,24,29)/b19-12-. The van der Waals surface area contributed by atoms with Crippen molar-refractivity contribution in [1.82, 2.24) is 25.2 Å². The molecule has 3 amide bonds. The molecule has 0 saturated carbocycles. The van der Waals surface area contributed by atoms with E-state index in [0.717, 1.165) is 22.2 Å². The molecular weight excluding hydrogens is 474 g/mol. The SMILES string of the molecule is COc1cc(/C=C2\SC(=O)N(CCNC(=O)Cn3nnc4ccccc43)C2=O)cc(OC)c1OC. The van der Waals surface area contributed by atoms with E-state index in [2.05, 4.69) is 15.6 Å². The quantitative estimate of drug-likeness (QED) is 0.443. The number of rotatable bonds is 9. The molecule has 0 spiro atoms. The largest absolute Gasteiger partial charge is 0.493 e. The van der Waals surface area contributed by atoms with Crippen LogP contribution in [0, 0.1) is 0 Å². The summed E-state index contributed by atoms with van der Waals surface area (Å²) < 4.78 is 17.5. The minimum atomic E-state index is -0.440. The van der Waals surface area contributed by atoms with Crippen LogP contribution in [-0.2, 0) is 16.1 Å². The predicted octanol–water partition coefficient (Wildman–Crippen LogP) is 2.31. The molecule has 0 atom stereocenters. The van der Waals surface area contributed by atoms with E-state index in [1.165, 1.54) is 26.0 Å². The molecule has 2 aromatic carbocycles. The zero-order valence-corrected chi connectivity index (χ0v) is 20.1. The van der Waals surface area contributed by atoms with Gasteiger partial charge in [-0.15, -0.1) is 5.10 Å². The van der Waals surface area contributed by atoms with Gasteiger partial charge < -0.3 is 19.5 Å². The van der Waals surface area contributed by atoms with E-state index in [1.54, 1.807) is 18.2 Å². The Hall–Kier alpha value is -4.06. The fraction of sp³-hybridized carbons (Fsp3) is 0.261. The van der Waals surface area contributed by atoms with Crippen LogP contribution in [-0.4, -0.2) is 71.4 Å². The molecule has 0 aliphatic carbocycles. The Bertz CT molecular complexity index is 1300.